The fraction of sp³-hybridized carbons (Fsp3) is 0.333. The maximum absolute atomic E-state index is 12.6. The van der Waals surface area contributed by atoms with Crippen LogP contribution in [0, 0.1) is 0 Å². The molecule has 0 unspecified atom stereocenters. The number of carbonyl (C=O) groups excluding carboxylic acids is 2. The van der Waals surface area contributed by atoms with Crippen LogP contribution < -0.4 is 14.9 Å². The first kappa shape index (κ1) is 22.4. The monoisotopic (exact) mass is 417 g/mol. The van der Waals surface area contributed by atoms with Crippen molar-refractivity contribution in [2.24, 2.45) is 0 Å². The molecule has 0 heterocycles. The third-order valence-corrected chi connectivity index (χ3v) is 6.29. The molecule has 2 amide bonds. The molecule has 0 aliphatic rings. The molecular weight excluding hydrogens is 390 g/mol. The van der Waals surface area contributed by atoms with Crippen molar-refractivity contribution in [2.45, 2.75) is 26.7 Å². The molecule has 7 nitrogen and oxygen atoms in total. The second kappa shape index (κ2) is 10.1. The fourth-order valence-corrected chi connectivity index (χ4v) is 3.47. The second-order valence-corrected chi connectivity index (χ2v) is 8.81. The van der Waals surface area contributed by atoms with Gasteiger partial charge in [-0.2, -0.15) is 0 Å². The Kier molecular flexibility index (Phi) is 7.78. The van der Waals surface area contributed by atoms with E-state index in [4.69, 9.17) is 0 Å². The van der Waals surface area contributed by atoms with Gasteiger partial charge in [-0.15, -0.1) is 0 Å². The van der Waals surface area contributed by atoms with Crippen LogP contribution in [-0.4, -0.2) is 39.6 Å². The van der Waals surface area contributed by atoms with Gasteiger partial charge in [-0.3, -0.25) is 13.9 Å². The van der Waals surface area contributed by atoms with E-state index in [0.717, 1.165) is 12.8 Å². The largest absolute Gasteiger partial charge is 0.352 e. The highest BCUT2D eigenvalue weighted by atomic mass is 32.2. The van der Waals surface area contributed by atoms with Crippen molar-refractivity contribution in [3.05, 3.63) is 59.7 Å². The Morgan fingerprint density at radius 2 is 1.62 bits per heavy atom. The molecule has 156 valence electrons. The number of para-hydroxylation sites is 1. The number of hydrogen-bond acceptors (Lipinski definition) is 4. The number of benzene rings is 2. The zero-order chi connectivity index (χ0) is 21.4. The maximum Gasteiger partial charge on any atom is 0.255 e. The lowest BCUT2D eigenvalue weighted by atomic mass is 10.1. The zero-order valence-corrected chi connectivity index (χ0v) is 17.8. The van der Waals surface area contributed by atoms with Crippen molar-refractivity contribution in [3.8, 4) is 0 Å². The highest BCUT2D eigenvalue weighted by Gasteiger charge is 2.17. The minimum Gasteiger partial charge on any atom is -0.352 e. The quantitative estimate of drug-likeness (QED) is 0.612. The molecule has 8 heteroatoms. The Balaban J connectivity index is 2.14. The standard InChI is InChI=1S/C21H27N3O4S/c1-4-6-15-22-21(26)18-9-7-8-10-19(18)23-20(25)16-11-13-17(14-12-16)24(3)29(27,28)5-2/h7-14H,4-6,15H2,1-3H3,(H,22,26)(H,23,25). The molecule has 0 spiro atoms. The van der Waals surface area contributed by atoms with Crippen LogP contribution in [0.15, 0.2) is 48.5 Å². The summed E-state index contributed by atoms with van der Waals surface area (Å²) in [5.41, 5.74) is 1.64. The van der Waals surface area contributed by atoms with Gasteiger partial charge in [-0.25, -0.2) is 8.42 Å². The predicted molar refractivity (Wildman–Crippen MR) is 116 cm³/mol. The first-order valence-electron chi connectivity index (χ1n) is 9.55. The highest BCUT2D eigenvalue weighted by Crippen LogP contribution is 2.20. The summed E-state index contributed by atoms with van der Waals surface area (Å²) in [6, 6.07) is 13.1. The van der Waals surface area contributed by atoms with E-state index >= 15 is 0 Å². The van der Waals surface area contributed by atoms with E-state index in [-0.39, 0.29) is 17.6 Å². The molecule has 2 rings (SSSR count). The molecule has 0 bridgehead atoms. The van der Waals surface area contributed by atoms with Crippen molar-refractivity contribution in [2.75, 3.05) is 29.0 Å². The summed E-state index contributed by atoms with van der Waals surface area (Å²) in [5, 5.41) is 5.60. The first-order chi connectivity index (χ1) is 13.8. The summed E-state index contributed by atoms with van der Waals surface area (Å²) in [6.45, 7) is 4.19. The van der Waals surface area contributed by atoms with Gasteiger partial charge in [0.15, 0.2) is 0 Å². The number of nitrogens with one attached hydrogen (secondary N) is 2. The normalized spacial score (nSPS) is 11.0. The molecule has 0 fully saturated rings. The SMILES string of the molecule is CCCCNC(=O)c1ccccc1NC(=O)c1ccc(N(C)S(=O)(=O)CC)cc1. The van der Waals surface area contributed by atoms with E-state index in [1.165, 1.54) is 11.4 Å². The summed E-state index contributed by atoms with van der Waals surface area (Å²) < 4.78 is 25.1. The number of nitrogens with zero attached hydrogens (tertiary/aromatic N) is 1. The summed E-state index contributed by atoms with van der Waals surface area (Å²) >= 11 is 0. The van der Waals surface area contributed by atoms with Crippen molar-refractivity contribution in [3.63, 3.8) is 0 Å². The molecule has 0 saturated carbocycles. The number of amides is 2. The van der Waals surface area contributed by atoms with E-state index in [2.05, 4.69) is 10.6 Å². The van der Waals surface area contributed by atoms with E-state index < -0.39 is 10.0 Å². The van der Waals surface area contributed by atoms with E-state index in [9.17, 15) is 18.0 Å². The molecule has 0 radical (unpaired) electrons. The summed E-state index contributed by atoms with van der Waals surface area (Å²) in [7, 11) is -1.90. The van der Waals surface area contributed by atoms with Crippen LogP contribution >= 0.6 is 0 Å². The minimum atomic E-state index is -3.37. The third-order valence-electron chi connectivity index (χ3n) is 4.51. The maximum atomic E-state index is 12.6. The molecule has 29 heavy (non-hydrogen) atoms. The lowest BCUT2D eigenvalue weighted by Gasteiger charge is -2.18. The van der Waals surface area contributed by atoms with Gasteiger partial charge in [0.05, 0.1) is 22.7 Å². The van der Waals surface area contributed by atoms with Gasteiger partial charge >= 0.3 is 0 Å². The lowest BCUT2D eigenvalue weighted by Crippen LogP contribution is -2.28. The van der Waals surface area contributed by atoms with Crippen molar-refractivity contribution in [1.82, 2.24) is 5.32 Å². The highest BCUT2D eigenvalue weighted by molar-refractivity contribution is 7.92. The van der Waals surface area contributed by atoms with Gasteiger partial charge in [-0.05, 0) is 49.7 Å². The van der Waals surface area contributed by atoms with E-state index in [0.29, 0.717) is 29.0 Å². The Morgan fingerprint density at radius 3 is 2.24 bits per heavy atom. The predicted octanol–water partition coefficient (Wildman–Crippen LogP) is 3.25. The number of unbranched alkanes of at least 4 members (excludes halogenated alkanes) is 1. The Hall–Kier alpha value is -2.87. The average molecular weight is 418 g/mol. The van der Waals surface area contributed by atoms with Crippen LogP contribution in [0.25, 0.3) is 0 Å². The molecular formula is C21H27N3O4S. The van der Waals surface area contributed by atoms with E-state index in [1.54, 1.807) is 55.5 Å². The van der Waals surface area contributed by atoms with Gasteiger partial charge in [0.1, 0.15) is 0 Å². The number of rotatable bonds is 9. The number of hydrogen-bond donors (Lipinski definition) is 2. The Labute approximate surface area is 172 Å². The average Bonchev–Trinajstić information content (AvgIpc) is 2.73. The van der Waals surface area contributed by atoms with Crippen molar-refractivity contribution in [1.29, 1.82) is 0 Å². The third kappa shape index (κ3) is 5.80. The molecule has 0 aromatic heterocycles. The Bertz CT molecular complexity index is 956. The zero-order valence-electron chi connectivity index (χ0n) is 16.9. The number of carbonyl (C=O) groups is 2. The van der Waals surface area contributed by atoms with Crippen LogP contribution in [0.3, 0.4) is 0 Å². The van der Waals surface area contributed by atoms with Crippen LogP contribution in [0.1, 0.15) is 47.4 Å². The molecule has 2 N–H and O–H groups in total. The molecule has 2 aromatic carbocycles. The molecule has 0 aliphatic carbocycles. The minimum absolute atomic E-state index is 0.0111. The molecule has 0 saturated heterocycles. The Morgan fingerprint density at radius 1 is 0.966 bits per heavy atom. The van der Waals surface area contributed by atoms with E-state index in [1.807, 2.05) is 6.92 Å². The molecule has 2 aromatic rings. The summed E-state index contributed by atoms with van der Waals surface area (Å²) in [4.78, 5) is 25.0. The summed E-state index contributed by atoms with van der Waals surface area (Å²) in [6.07, 6.45) is 1.86. The second-order valence-electron chi connectivity index (χ2n) is 6.52. The number of sulfonamides is 1. The smallest absolute Gasteiger partial charge is 0.255 e. The van der Waals surface area contributed by atoms with Crippen LogP contribution in [0.5, 0.6) is 0 Å². The first-order valence-corrected chi connectivity index (χ1v) is 11.2. The van der Waals surface area contributed by atoms with Gasteiger partial charge in [0.25, 0.3) is 11.8 Å². The fourth-order valence-electron chi connectivity index (χ4n) is 2.64. The molecule has 0 atom stereocenters. The van der Waals surface area contributed by atoms with Gasteiger partial charge in [0.2, 0.25) is 10.0 Å². The van der Waals surface area contributed by atoms with Crippen LogP contribution in [0.2, 0.25) is 0 Å². The van der Waals surface area contributed by atoms with Crippen LogP contribution in [0.4, 0.5) is 11.4 Å². The van der Waals surface area contributed by atoms with Gasteiger partial charge in [-0.1, -0.05) is 25.5 Å². The van der Waals surface area contributed by atoms with Gasteiger partial charge < -0.3 is 10.6 Å². The van der Waals surface area contributed by atoms with Crippen molar-refractivity contribution >= 4 is 33.2 Å². The number of anilines is 2. The topological polar surface area (TPSA) is 95.6 Å². The molecule has 0 aliphatic heterocycles. The summed E-state index contributed by atoms with van der Waals surface area (Å²) in [5.74, 6) is -0.634. The van der Waals surface area contributed by atoms with Gasteiger partial charge in [0, 0.05) is 19.2 Å². The lowest BCUT2D eigenvalue weighted by molar-refractivity contribution is 0.0954. The van der Waals surface area contributed by atoms with Crippen molar-refractivity contribution < 1.29 is 18.0 Å². The van der Waals surface area contributed by atoms with Crippen LogP contribution in [-0.2, 0) is 10.0 Å².